The van der Waals surface area contributed by atoms with Gasteiger partial charge in [0.2, 0.25) is 0 Å². The molecule has 10 heteroatoms. The minimum Gasteiger partial charge on any atom is -0.464 e. The Morgan fingerprint density at radius 1 is 1.30 bits per heavy atom. The topological polar surface area (TPSA) is 78.1 Å². The van der Waals surface area contributed by atoms with Gasteiger partial charge < -0.3 is 10.5 Å². The van der Waals surface area contributed by atoms with Crippen LogP contribution in [0.25, 0.3) is 11.3 Å². The smallest absolute Gasteiger partial charge is 0.433 e. The van der Waals surface area contributed by atoms with Gasteiger partial charge in [-0.3, -0.25) is 4.98 Å². The third-order valence-electron chi connectivity index (χ3n) is 2.78. The highest BCUT2D eigenvalue weighted by Gasteiger charge is 2.33. The molecule has 0 fully saturated rings. The van der Waals surface area contributed by atoms with Crippen LogP contribution >= 0.6 is 23.2 Å². The van der Waals surface area contributed by atoms with E-state index in [1.54, 1.807) is 0 Å². The van der Waals surface area contributed by atoms with E-state index in [2.05, 4.69) is 14.7 Å². The number of aromatic nitrogens is 2. The van der Waals surface area contributed by atoms with Crippen molar-refractivity contribution in [2.75, 3.05) is 12.8 Å². The van der Waals surface area contributed by atoms with Crippen LogP contribution in [-0.4, -0.2) is 23.0 Å². The SMILES string of the molecule is COC(=O)c1nc(-c2cnc(C(F)(F)F)cc2Cl)cc(N)c1Cl. The molecule has 0 amide bonds. The number of nitrogens with two attached hydrogens (primary N) is 1. The Balaban J connectivity index is 2.59. The summed E-state index contributed by atoms with van der Waals surface area (Å²) in [6.07, 6.45) is -3.74. The molecule has 2 heterocycles. The number of hydrogen-bond donors (Lipinski definition) is 1. The molecule has 5 nitrogen and oxygen atoms in total. The molecule has 2 rings (SSSR count). The van der Waals surface area contributed by atoms with Gasteiger partial charge in [0.1, 0.15) is 5.69 Å². The third kappa shape index (κ3) is 3.48. The molecule has 2 N–H and O–H groups in total. The van der Waals surface area contributed by atoms with Gasteiger partial charge in [-0.1, -0.05) is 23.2 Å². The van der Waals surface area contributed by atoms with Crippen molar-refractivity contribution in [3.8, 4) is 11.3 Å². The van der Waals surface area contributed by atoms with Gasteiger partial charge in [0.15, 0.2) is 5.69 Å². The zero-order chi connectivity index (χ0) is 17.4. The number of esters is 1. The number of anilines is 1. The Morgan fingerprint density at radius 3 is 2.48 bits per heavy atom. The Morgan fingerprint density at radius 2 is 1.96 bits per heavy atom. The van der Waals surface area contributed by atoms with Crippen molar-refractivity contribution in [1.29, 1.82) is 0 Å². The Labute approximate surface area is 138 Å². The summed E-state index contributed by atoms with van der Waals surface area (Å²) in [5, 5.41) is -0.381. The van der Waals surface area contributed by atoms with Crippen LogP contribution in [-0.2, 0) is 10.9 Å². The maximum absolute atomic E-state index is 12.6. The standard InChI is InChI=1S/C13H8Cl2F3N3O2/c1-23-12(22)11-10(15)7(19)3-8(21-11)5-4-20-9(2-6(5)14)13(16,17)18/h2-4H,1H3,(H2,19,21). The van der Waals surface area contributed by atoms with Gasteiger partial charge in [-0.2, -0.15) is 13.2 Å². The van der Waals surface area contributed by atoms with Gasteiger partial charge in [-0.15, -0.1) is 0 Å². The van der Waals surface area contributed by atoms with E-state index in [0.29, 0.717) is 6.07 Å². The van der Waals surface area contributed by atoms with Crippen molar-refractivity contribution in [3.63, 3.8) is 0 Å². The second-order valence-corrected chi connectivity index (χ2v) is 5.08. The van der Waals surface area contributed by atoms with E-state index in [9.17, 15) is 18.0 Å². The summed E-state index contributed by atoms with van der Waals surface area (Å²) < 4.78 is 42.3. The van der Waals surface area contributed by atoms with E-state index in [1.807, 2.05) is 0 Å². The number of carbonyl (C=O) groups excluding carboxylic acids is 1. The summed E-state index contributed by atoms with van der Waals surface area (Å²) in [6, 6.07) is 1.92. The van der Waals surface area contributed by atoms with Crippen molar-refractivity contribution in [3.05, 3.63) is 39.8 Å². The summed E-state index contributed by atoms with van der Waals surface area (Å²) >= 11 is 11.7. The summed E-state index contributed by atoms with van der Waals surface area (Å²) in [5.41, 5.74) is 4.35. The zero-order valence-corrected chi connectivity index (χ0v) is 12.9. The quantitative estimate of drug-likeness (QED) is 0.818. The molecular formula is C13H8Cl2F3N3O2. The molecule has 0 aromatic carbocycles. The van der Waals surface area contributed by atoms with Crippen LogP contribution in [0.1, 0.15) is 16.2 Å². The van der Waals surface area contributed by atoms with Crippen molar-refractivity contribution in [1.82, 2.24) is 9.97 Å². The lowest BCUT2D eigenvalue weighted by Gasteiger charge is -2.11. The third-order valence-corrected chi connectivity index (χ3v) is 3.49. The lowest BCUT2D eigenvalue weighted by molar-refractivity contribution is -0.141. The average molecular weight is 366 g/mol. The highest BCUT2D eigenvalue weighted by molar-refractivity contribution is 6.36. The average Bonchev–Trinajstić information content (AvgIpc) is 2.48. The van der Waals surface area contributed by atoms with E-state index in [1.165, 1.54) is 6.07 Å². The lowest BCUT2D eigenvalue weighted by atomic mass is 10.1. The van der Waals surface area contributed by atoms with Gasteiger partial charge >= 0.3 is 12.1 Å². The Hall–Kier alpha value is -2.06. The number of halogens is 5. The molecule has 0 radical (unpaired) electrons. The van der Waals surface area contributed by atoms with Gasteiger partial charge in [0.05, 0.1) is 28.5 Å². The first-order valence-corrected chi connectivity index (χ1v) is 6.68. The predicted molar refractivity (Wildman–Crippen MR) is 78.2 cm³/mol. The van der Waals surface area contributed by atoms with Gasteiger partial charge in [-0.25, -0.2) is 9.78 Å². The molecule has 2 aromatic rings. The number of carbonyl (C=O) groups is 1. The van der Waals surface area contributed by atoms with Crippen LogP contribution in [0.3, 0.4) is 0 Å². The summed E-state index contributed by atoms with van der Waals surface area (Å²) in [7, 11) is 1.12. The number of methoxy groups -OCH3 is 1. The van der Waals surface area contributed by atoms with E-state index in [0.717, 1.165) is 13.3 Å². The van der Waals surface area contributed by atoms with E-state index < -0.39 is 17.8 Å². The van der Waals surface area contributed by atoms with Crippen molar-refractivity contribution in [2.24, 2.45) is 0 Å². The number of nitrogens with zero attached hydrogens (tertiary/aromatic N) is 2. The number of alkyl halides is 3. The first-order valence-electron chi connectivity index (χ1n) is 5.92. The van der Waals surface area contributed by atoms with Crippen LogP contribution < -0.4 is 5.73 Å². The van der Waals surface area contributed by atoms with Crippen molar-refractivity contribution >= 4 is 34.9 Å². The summed E-state index contributed by atoms with van der Waals surface area (Å²) in [4.78, 5) is 18.8. The van der Waals surface area contributed by atoms with E-state index in [4.69, 9.17) is 28.9 Å². The molecule has 0 saturated carbocycles. The molecule has 0 aliphatic carbocycles. The van der Waals surface area contributed by atoms with Crippen LogP contribution in [0.15, 0.2) is 18.3 Å². The normalized spacial score (nSPS) is 11.4. The minimum absolute atomic E-state index is 0.00645. The van der Waals surface area contributed by atoms with Crippen LogP contribution in [0, 0.1) is 0 Å². The number of ether oxygens (including phenoxy) is 1. The molecule has 0 spiro atoms. The minimum atomic E-state index is -4.63. The number of hydrogen-bond acceptors (Lipinski definition) is 5. The van der Waals surface area contributed by atoms with Gasteiger partial charge in [-0.05, 0) is 12.1 Å². The molecule has 0 aliphatic rings. The van der Waals surface area contributed by atoms with Gasteiger partial charge in [0.25, 0.3) is 0 Å². The fourth-order valence-corrected chi connectivity index (χ4v) is 2.12. The number of pyridine rings is 2. The Kier molecular flexibility index (Phi) is 4.67. The van der Waals surface area contributed by atoms with Gasteiger partial charge in [0, 0.05) is 11.8 Å². The molecule has 0 aliphatic heterocycles. The van der Waals surface area contributed by atoms with Crippen molar-refractivity contribution < 1.29 is 22.7 Å². The fourth-order valence-electron chi connectivity index (χ4n) is 1.69. The maximum atomic E-state index is 12.6. The highest BCUT2D eigenvalue weighted by atomic mass is 35.5. The van der Waals surface area contributed by atoms with E-state index >= 15 is 0 Å². The molecule has 0 atom stereocenters. The maximum Gasteiger partial charge on any atom is 0.433 e. The first kappa shape index (κ1) is 17.3. The molecular weight excluding hydrogens is 358 g/mol. The second-order valence-electron chi connectivity index (χ2n) is 4.30. The number of rotatable bonds is 2. The fraction of sp³-hybridized carbons (Fsp3) is 0.154. The highest BCUT2D eigenvalue weighted by Crippen LogP contribution is 2.35. The predicted octanol–water partition coefficient (Wildman–Crippen LogP) is 3.84. The largest absolute Gasteiger partial charge is 0.464 e. The molecule has 0 unspecified atom stereocenters. The van der Waals surface area contributed by atoms with Crippen LogP contribution in [0.2, 0.25) is 10.0 Å². The monoisotopic (exact) mass is 365 g/mol. The van der Waals surface area contributed by atoms with E-state index in [-0.39, 0.29) is 32.7 Å². The Bertz CT molecular complexity index is 782. The number of nitrogen functional groups attached to an aromatic ring is 1. The molecule has 0 saturated heterocycles. The van der Waals surface area contributed by atoms with Crippen LogP contribution in [0.5, 0.6) is 0 Å². The summed E-state index contributed by atoms with van der Waals surface area (Å²) in [6.45, 7) is 0. The first-order chi connectivity index (χ1) is 10.6. The second kappa shape index (κ2) is 6.21. The molecule has 122 valence electrons. The van der Waals surface area contributed by atoms with Crippen molar-refractivity contribution in [2.45, 2.75) is 6.18 Å². The lowest BCUT2D eigenvalue weighted by Crippen LogP contribution is -2.09. The molecule has 0 bridgehead atoms. The zero-order valence-electron chi connectivity index (χ0n) is 11.4. The summed E-state index contributed by atoms with van der Waals surface area (Å²) in [5.74, 6) is -0.848. The molecule has 2 aromatic heterocycles. The van der Waals surface area contributed by atoms with Crippen LogP contribution in [0.4, 0.5) is 18.9 Å². The molecule has 23 heavy (non-hydrogen) atoms.